The molecule has 0 saturated heterocycles. The third kappa shape index (κ3) is 3.64. The van der Waals surface area contributed by atoms with Crippen molar-refractivity contribution in [2.75, 3.05) is 20.8 Å². The lowest BCUT2D eigenvalue weighted by molar-refractivity contribution is 0.319. The quantitative estimate of drug-likeness (QED) is 0.390. The molecule has 0 aromatic carbocycles. The molecule has 0 radical (unpaired) electrons. The standard InChI is InChI=1S/C5H13N3/c1-4-8(3)7-5-6-2/h4,6-7H,1,5H2,2-3H3. The summed E-state index contributed by atoms with van der Waals surface area (Å²) >= 11 is 0. The zero-order valence-electron chi connectivity index (χ0n) is 5.44. The van der Waals surface area contributed by atoms with Gasteiger partial charge in [-0.1, -0.05) is 6.58 Å². The van der Waals surface area contributed by atoms with Gasteiger partial charge in [0, 0.05) is 13.2 Å². The zero-order chi connectivity index (χ0) is 6.41. The first-order chi connectivity index (χ1) is 3.81. The first kappa shape index (κ1) is 7.46. The molecule has 0 fully saturated rings. The Morgan fingerprint density at radius 1 is 1.75 bits per heavy atom. The van der Waals surface area contributed by atoms with E-state index < -0.39 is 0 Å². The van der Waals surface area contributed by atoms with Crippen LogP contribution in [0.25, 0.3) is 0 Å². The molecule has 0 aliphatic carbocycles. The summed E-state index contributed by atoms with van der Waals surface area (Å²) in [4.78, 5) is 0. The number of hydrogen-bond donors (Lipinski definition) is 2. The lowest BCUT2D eigenvalue weighted by Gasteiger charge is -2.13. The first-order valence-corrected chi connectivity index (χ1v) is 2.54. The Kier molecular flexibility index (Phi) is 4.30. The van der Waals surface area contributed by atoms with E-state index in [4.69, 9.17) is 0 Å². The number of hydrogen-bond acceptors (Lipinski definition) is 3. The molecule has 0 atom stereocenters. The van der Waals surface area contributed by atoms with Crippen LogP contribution in [0.1, 0.15) is 0 Å². The van der Waals surface area contributed by atoms with Crippen LogP contribution in [0.5, 0.6) is 0 Å². The molecule has 2 N–H and O–H groups in total. The van der Waals surface area contributed by atoms with Crippen molar-refractivity contribution in [1.82, 2.24) is 15.8 Å². The van der Waals surface area contributed by atoms with Crippen molar-refractivity contribution in [1.29, 1.82) is 0 Å². The van der Waals surface area contributed by atoms with E-state index in [0.717, 1.165) is 6.67 Å². The highest BCUT2D eigenvalue weighted by atomic mass is 15.5. The van der Waals surface area contributed by atoms with Crippen LogP contribution in [0.2, 0.25) is 0 Å². The highest BCUT2D eigenvalue weighted by Gasteiger charge is 1.80. The van der Waals surface area contributed by atoms with Crippen molar-refractivity contribution in [3.8, 4) is 0 Å². The Hall–Kier alpha value is -0.540. The van der Waals surface area contributed by atoms with Gasteiger partial charge in [-0.15, -0.1) is 0 Å². The van der Waals surface area contributed by atoms with Gasteiger partial charge in [-0.25, -0.2) is 5.43 Å². The second kappa shape index (κ2) is 4.61. The van der Waals surface area contributed by atoms with Crippen molar-refractivity contribution in [3.05, 3.63) is 12.8 Å². The minimum Gasteiger partial charge on any atom is -0.318 e. The highest BCUT2D eigenvalue weighted by molar-refractivity contribution is 4.60. The van der Waals surface area contributed by atoms with Crippen LogP contribution < -0.4 is 10.7 Å². The molecule has 0 amide bonds. The largest absolute Gasteiger partial charge is 0.318 e. The number of hydrazine groups is 1. The summed E-state index contributed by atoms with van der Waals surface area (Å²) < 4.78 is 0. The van der Waals surface area contributed by atoms with E-state index in [9.17, 15) is 0 Å². The highest BCUT2D eigenvalue weighted by Crippen LogP contribution is 1.67. The number of nitrogens with one attached hydrogen (secondary N) is 2. The fraction of sp³-hybridized carbons (Fsp3) is 0.600. The van der Waals surface area contributed by atoms with Gasteiger partial charge in [0.05, 0.1) is 6.67 Å². The lowest BCUT2D eigenvalue weighted by Crippen LogP contribution is -2.35. The van der Waals surface area contributed by atoms with Crippen LogP contribution in [0.15, 0.2) is 12.8 Å². The van der Waals surface area contributed by atoms with Crippen LogP contribution in [-0.4, -0.2) is 25.8 Å². The van der Waals surface area contributed by atoms with E-state index in [1.807, 2.05) is 14.1 Å². The molecule has 8 heavy (non-hydrogen) atoms. The molecule has 3 nitrogen and oxygen atoms in total. The maximum absolute atomic E-state index is 3.55. The molecule has 0 saturated carbocycles. The fourth-order valence-electron chi connectivity index (χ4n) is 0.268. The van der Waals surface area contributed by atoms with Crippen LogP contribution in [0, 0.1) is 0 Å². The van der Waals surface area contributed by atoms with Crippen molar-refractivity contribution >= 4 is 0 Å². The molecule has 0 bridgehead atoms. The monoisotopic (exact) mass is 115 g/mol. The van der Waals surface area contributed by atoms with E-state index in [0.29, 0.717) is 0 Å². The molecule has 48 valence electrons. The number of rotatable bonds is 4. The van der Waals surface area contributed by atoms with Crippen molar-refractivity contribution in [2.45, 2.75) is 0 Å². The van der Waals surface area contributed by atoms with E-state index >= 15 is 0 Å². The van der Waals surface area contributed by atoms with E-state index in [2.05, 4.69) is 17.3 Å². The van der Waals surface area contributed by atoms with Crippen LogP contribution in [0.4, 0.5) is 0 Å². The molecule has 0 aromatic heterocycles. The summed E-state index contributed by atoms with van der Waals surface area (Å²) in [6, 6.07) is 0. The second-order valence-corrected chi connectivity index (χ2v) is 1.48. The minimum absolute atomic E-state index is 0.766. The predicted molar refractivity (Wildman–Crippen MR) is 35.0 cm³/mol. The second-order valence-electron chi connectivity index (χ2n) is 1.48. The van der Waals surface area contributed by atoms with Crippen LogP contribution >= 0.6 is 0 Å². The van der Waals surface area contributed by atoms with Crippen molar-refractivity contribution in [3.63, 3.8) is 0 Å². The molecule has 0 heterocycles. The van der Waals surface area contributed by atoms with Gasteiger partial charge in [0.15, 0.2) is 0 Å². The molecule has 0 spiro atoms. The van der Waals surface area contributed by atoms with Gasteiger partial charge in [0.25, 0.3) is 0 Å². The Balaban J connectivity index is 2.98. The minimum atomic E-state index is 0.766. The zero-order valence-corrected chi connectivity index (χ0v) is 5.44. The summed E-state index contributed by atoms with van der Waals surface area (Å²) in [5.41, 5.74) is 2.99. The van der Waals surface area contributed by atoms with Crippen molar-refractivity contribution in [2.24, 2.45) is 0 Å². The van der Waals surface area contributed by atoms with Gasteiger partial charge in [0.1, 0.15) is 0 Å². The molecule has 0 aromatic rings. The summed E-state index contributed by atoms with van der Waals surface area (Å²) in [5.74, 6) is 0. The van der Waals surface area contributed by atoms with Crippen LogP contribution in [-0.2, 0) is 0 Å². The van der Waals surface area contributed by atoms with Crippen molar-refractivity contribution < 1.29 is 0 Å². The average Bonchev–Trinajstić information content (AvgIpc) is 1.83. The van der Waals surface area contributed by atoms with Gasteiger partial charge >= 0.3 is 0 Å². The Bertz CT molecular complexity index is 62.7. The smallest absolute Gasteiger partial charge is 0.0637 e. The Labute approximate surface area is 50.3 Å². The maximum atomic E-state index is 3.55. The molecular formula is C5H13N3. The first-order valence-electron chi connectivity index (χ1n) is 2.54. The molecule has 0 unspecified atom stereocenters. The SMILES string of the molecule is C=CN(C)NCNC. The molecule has 0 aliphatic rings. The van der Waals surface area contributed by atoms with E-state index in [-0.39, 0.29) is 0 Å². The average molecular weight is 115 g/mol. The Morgan fingerprint density at radius 3 is 2.75 bits per heavy atom. The van der Waals surface area contributed by atoms with E-state index in [1.165, 1.54) is 0 Å². The summed E-state index contributed by atoms with van der Waals surface area (Å²) in [6.07, 6.45) is 1.71. The summed E-state index contributed by atoms with van der Waals surface area (Å²) in [6.45, 7) is 4.32. The molecule has 0 rings (SSSR count). The number of nitrogens with zero attached hydrogens (tertiary/aromatic N) is 1. The summed E-state index contributed by atoms with van der Waals surface area (Å²) in [5, 5.41) is 4.72. The Morgan fingerprint density at radius 2 is 2.38 bits per heavy atom. The van der Waals surface area contributed by atoms with Gasteiger partial charge < -0.3 is 10.3 Å². The molecule has 0 aliphatic heterocycles. The predicted octanol–water partition coefficient (Wildman–Crippen LogP) is -0.257. The maximum Gasteiger partial charge on any atom is 0.0637 e. The fourth-order valence-corrected chi connectivity index (χ4v) is 0.268. The van der Waals surface area contributed by atoms with Gasteiger partial charge in [-0.3, -0.25) is 0 Å². The van der Waals surface area contributed by atoms with E-state index in [1.54, 1.807) is 11.2 Å². The topological polar surface area (TPSA) is 27.3 Å². The third-order valence-corrected chi connectivity index (χ3v) is 0.779. The third-order valence-electron chi connectivity index (χ3n) is 0.779. The van der Waals surface area contributed by atoms with Gasteiger partial charge in [-0.05, 0) is 7.05 Å². The van der Waals surface area contributed by atoms with Crippen LogP contribution in [0.3, 0.4) is 0 Å². The normalized spacial score (nSPS) is 8.75. The lowest BCUT2D eigenvalue weighted by atomic mass is 10.9. The summed E-state index contributed by atoms with van der Waals surface area (Å²) in [7, 11) is 3.77. The van der Waals surface area contributed by atoms with Gasteiger partial charge in [0.2, 0.25) is 0 Å². The molecular weight excluding hydrogens is 102 g/mol. The van der Waals surface area contributed by atoms with Gasteiger partial charge in [-0.2, -0.15) is 0 Å². The molecule has 3 heteroatoms.